The van der Waals surface area contributed by atoms with E-state index in [9.17, 15) is 4.79 Å². The van der Waals surface area contributed by atoms with E-state index in [1.165, 1.54) is 30.6 Å². The Hall–Kier alpha value is -1.62. The van der Waals surface area contributed by atoms with Gasteiger partial charge in [0.1, 0.15) is 5.69 Å². The van der Waals surface area contributed by atoms with Crippen LogP contribution in [0.3, 0.4) is 0 Å². The minimum atomic E-state index is -0.0686. The largest absolute Gasteiger partial charge is 0.462 e. The van der Waals surface area contributed by atoms with E-state index >= 15 is 0 Å². The maximum Gasteiger partial charge on any atom is 0.270 e. The van der Waals surface area contributed by atoms with Crippen LogP contribution < -0.4 is 5.32 Å². The van der Waals surface area contributed by atoms with E-state index in [0.717, 1.165) is 17.8 Å². The second kappa shape index (κ2) is 5.57. The normalized spacial score (nSPS) is 16.4. The second-order valence-corrected chi connectivity index (χ2v) is 5.68. The van der Waals surface area contributed by atoms with Crippen LogP contribution in [0.1, 0.15) is 42.6 Å². The van der Waals surface area contributed by atoms with Crippen LogP contribution in [0.2, 0.25) is 0 Å². The molecule has 100 valence electrons. The van der Waals surface area contributed by atoms with E-state index in [2.05, 4.69) is 10.3 Å². The molecule has 2 aromatic rings. The third-order valence-corrected chi connectivity index (χ3v) is 4.27. The fourth-order valence-corrected chi connectivity index (χ4v) is 3.16. The number of hydrogen-bond donors (Lipinski definition) is 1. The first kappa shape index (κ1) is 12.4. The molecule has 19 heavy (non-hydrogen) atoms. The average molecular weight is 276 g/mol. The van der Waals surface area contributed by atoms with E-state index < -0.39 is 0 Å². The average Bonchev–Trinajstić information content (AvgIpc) is 3.11. The van der Waals surface area contributed by atoms with Gasteiger partial charge in [0.25, 0.3) is 5.91 Å². The van der Waals surface area contributed by atoms with Gasteiger partial charge >= 0.3 is 0 Å². The minimum Gasteiger partial charge on any atom is -0.462 e. The highest BCUT2D eigenvalue weighted by Crippen LogP contribution is 2.24. The zero-order chi connectivity index (χ0) is 13.1. The number of rotatable bonds is 3. The molecule has 1 saturated carbocycles. The second-order valence-electron chi connectivity index (χ2n) is 4.82. The van der Waals surface area contributed by atoms with Crippen molar-refractivity contribution in [3.63, 3.8) is 0 Å². The van der Waals surface area contributed by atoms with Crippen molar-refractivity contribution < 1.29 is 9.21 Å². The third kappa shape index (κ3) is 2.87. The topological polar surface area (TPSA) is 55.1 Å². The molecule has 3 rings (SSSR count). The molecule has 1 amide bonds. The lowest BCUT2D eigenvalue weighted by Gasteiger charge is -2.22. The third-order valence-electron chi connectivity index (χ3n) is 3.41. The van der Waals surface area contributed by atoms with Crippen LogP contribution in [-0.4, -0.2) is 16.9 Å². The summed E-state index contributed by atoms with van der Waals surface area (Å²) in [6, 6.07) is 3.98. The summed E-state index contributed by atoms with van der Waals surface area (Å²) < 4.78 is 5.28. The van der Waals surface area contributed by atoms with Gasteiger partial charge in [-0.05, 0) is 25.0 Å². The lowest BCUT2D eigenvalue weighted by molar-refractivity contribution is 0.0923. The van der Waals surface area contributed by atoms with Crippen molar-refractivity contribution in [2.75, 3.05) is 0 Å². The molecule has 0 aliphatic heterocycles. The Kier molecular flexibility index (Phi) is 3.64. The molecule has 4 nitrogen and oxygen atoms in total. The van der Waals surface area contributed by atoms with Gasteiger partial charge in [0.05, 0.1) is 6.26 Å². The number of aromatic nitrogens is 1. The maximum atomic E-state index is 12.1. The molecule has 5 heteroatoms. The quantitative estimate of drug-likeness (QED) is 0.934. The SMILES string of the molecule is O=C(NC1CCCCC1)c1csc(-c2ccco2)n1. The van der Waals surface area contributed by atoms with Gasteiger partial charge in [-0.3, -0.25) is 4.79 Å². The lowest BCUT2D eigenvalue weighted by Crippen LogP contribution is -2.36. The summed E-state index contributed by atoms with van der Waals surface area (Å²) in [5, 5.41) is 5.60. The van der Waals surface area contributed by atoms with Gasteiger partial charge in [0, 0.05) is 11.4 Å². The molecule has 0 atom stereocenters. The van der Waals surface area contributed by atoms with Crippen LogP contribution in [0.25, 0.3) is 10.8 Å². The van der Waals surface area contributed by atoms with Crippen molar-refractivity contribution in [3.05, 3.63) is 29.5 Å². The van der Waals surface area contributed by atoms with E-state index in [0.29, 0.717) is 17.5 Å². The first-order valence-electron chi connectivity index (χ1n) is 6.63. The van der Waals surface area contributed by atoms with E-state index in [1.54, 1.807) is 11.6 Å². The Balaban J connectivity index is 1.67. The monoisotopic (exact) mass is 276 g/mol. The molecular formula is C14H16N2O2S. The molecule has 0 aromatic carbocycles. The summed E-state index contributed by atoms with van der Waals surface area (Å²) in [7, 11) is 0. The molecule has 1 N–H and O–H groups in total. The number of carbonyl (C=O) groups excluding carboxylic acids is 1. The smallest absolute Gasteiger partial charge is 0.270 e. The molecule has 2 heterocycles. The molecular weight excluding hydrogens is 260 g/mol. The van der Waals surface area contributed by atoms with E-state index in [1.807, 2.05) is 12.1 Å². The number of hydrogen-bond acceptors (Lipinski definition) is 4. The molecule has 0 saturated heterocycles. The van der Waals surface area contributed by atoms with Crippen molar-refractivity contribution in [1.82, 2.24) is 10.3 Å². The maximum absolute atomic E-state index is 12.1. The Labute approximate surface area is 115 Å². The zero-order valence-electron chi connectivity index (χ0n) is 10.6. The fraction of sp³-hybridized carbons (Fsp3) is 0.429. The van der Waals surface area contributed by atoms with Gasteiger partial charge in [-0.1, -0.05) is 19.3 Å². The highest BCUT2D eigenvalue weighted by Gasteiger charge is 2.19. The standard InChI is InChI=1S/C14H16N2O2S/c17-13(15-10-5-2-1-3-6-10)11-9-19-14(16-11)12-7-4-8-18-12/h4,7-10H,1-3,5-6H2,(H,15,17). The number of nitrogens with one attached hydrogen (secondary N) is 1. The van der Waals surface area contributed by atoms with Gasteiger partial charge in [0.2, 0.25) is 0 Å². The molecule has 0 bridgehead atoms. The number of furan rings is 1. The summed E-state index contributed by atoms with van der Waals surface area (Å²) in [5.74, 6) is 0.641. The molecule has 0 spiro atoms. The summed E-state index contributed by atoms with van der Waals surface area (Å²) in [6.45, 7) is 0. The molecule has 1 aliphatic rings. The molecule has 1 fully saturated rings. The highest BCUT2D eigenvalue weighted by atomic mass is 32.1. The predicted molar refractivity (Wildman–Crippen MR) is 74.2 cm³/mol. The van der Waals surface area contributed by atoms with E-state index in [4.69, 9.17) is 4.42 Å². The summed E-state index contributed by atoms with van der Waals surface area (Å²) in [5.41, 5.74) is 0.488. The highest BCUT2D eigenvalue weighted by molar-refractivity contribution is 7.13. The van der Waals surface area contributed by atoms with Crippen molar-refractivity contribution in [2.24, 2.45) is 0 Å². The van der Waals surface area contributed by atoms with Gasteiger partial charge in [-0.25, -0.2) is 4.98 Å². The van der Waals surface area contributed by atoms with Crippen LogP contribution in [0.4, 0.5) is 0 Å². The van der Waals surface area contributed by atoms with Crippen LogP contribution in [0, 0.1) is 0 Å². The minimum absolute atomic E-state index is 0.0686. The van der Waals surface area contributed by atoms with Gasteiger partial charge in [0.15, 0.2) is 10.8 Å². The molecule has 0 unspecified atom stereocenters. The number of carbonyl (C=O) groups is 1. The van der Waals surface area contributed by atoms with Crippen LogP contribution in [-0.2, 0) is 0 Å². The molecule has 1 aliphatic carbocycles. The fourth-order valence-electron chi connectivity index (χ4n) is 2.40. The Bertz CT molecular complexity index is 542. The summed E-state index contributed by atoms with van der Waals surface area (Å²) in [4.78, 5) is 16.4. The molecule has 2 aromatic heterocycles. The first-order chi connectivity index (χ1) is 9.33. The Morgan fingerprint density at radius 2 is 2.21 bits per heavy atom. The Morgan fingerprint density at radius 3 is 2.95 bits per heavy atom. The van der Waals surface area contributed by atoms with Crippen LogP contribution in [0.5, 0.6) is 0 Å². The Morgan fingerprint density at radius 1 is 1.37 bits per heavy atom. The van der Waals surface area contributed by atoms with E-state index in [-0.39, 0.29) is 5.91 Å². The van der Waals surface area contributed by atoms with Gasteiger partial charge < -0.3 is 9.73 Å². The van der Waals surface area contributed by atoms with Crippen molar-refractivity contribution in [2.45, 2.75) is 38.1 Å². The van der Waals surface area contributed by atoms with Crippen molar-refractivity contribution in [1.29, 1.82) is 0 Å². The number of nitrogens with zero attached hydrogens (tertiary/aromatic N) is 1. The lowest BCUT2D eigenvalue weighted by atomic mass is 9.95. The summed E-state index contributed by atoms with van der Waals surface area (Å²) in [6.07, 6.45) is 7.48. The van der Waals surface area contributed by atoms with Gasteiger partial charge in [-0.15, -0.1) is 11.3 Å². The summed E-state index contributed by atoms with van der Waals surface area (Å²) >= 11 is 1.43. The predicted octanol–water partition coefficient (Wildman–Crippen LogP) is 3.47. The number of amides is 1. The van der Waals surface area contributed by atoms with Crippen molar-refractivity contribution >= 4 is 17.2 Å². The first-order valence-corrected chi connectivity index (χ1v) is 7.51. The van der Waals surface area contributed by atoms with Crippen molar-refractivity contribution in [3.8, 4) is 10.8 Å². The van der Waals surface area contributed by atoms with Crippen LogP contribution >= 0.6 is 11.3 Å². The zero-order valence-corrected chi connectivity index (χ0v) is 11.4. The van der Waals surface area contributed by atoms with Gasteiger partial charge in [-0.2, -0.15) is 0 Å². The van der Waals surface area contributed by atoms with Crippen LogP contribution in [0.15, 0.2) is 28.2 Å². The number of thiazole rings is 1. The molecule has 0 radical (unpaired) electrons.